The minimum absolute atomic E-state index is 0.0240. The lowest BCUT2D eigenvalue weighted by molar-refractivity contribution is -0.186. The fourth-order valence-corrected chi connectivity index (χ4v) is 5.21. The van der Waals surface area contributed by atoms with E-state index in [-0.39, 0.29) is 29.8 Å². The van der Waals surface area contributed by atoms with Crippen molar-refractivity contribution >= 4 is 47.2 Å². The van der Waals surface area contributed by atoms with Gasteiger partial charge < -0.3 is 27.1 Å². The molecule has 1 heterocycles. The number of hydrogen-bond donors (Lipinski definition) is 4. The van der Waals surface area contributed by atoms with Gasteiger partial charge >= 0.3 is 18.0 Å². The summed E-state index contributed by atoms with van der Waals surface area (Å²) in [5, 5.41) is 9.48. The summed E-state index contributed by atoms with van der Waals surface area (Å²) in [6.45, 7) is 2.59. The van der Waals surface area contributed by atoms with Crippen molar-refractivity contribution in [3.8, 4) is 0 Å². The molecular formula is C33H35N7O8. The van der Waals surface area contributed by atoms with Gasteiger partial charge in [-0.15, -0.1) is 0 Å². The summed E-state index contributed by atoms with van der Waals surface area (Å²) in [6.07, 6.45) is -0.803. The van der Waals surface area contributed by atoms with Crippen LogP contribution in [-0.4, -0.2) is 68.7 Å². The van der Waals surface area contributed by atoms with Crippen LogP contribution in [0.15, 0.2) is 89.9 Å². The maximum absolute atomic E-state index is 14.2. The van der Waals surface area contributed by atoms with Crippen molar-refractivity contribution in [3.05, 3.63) is 102 Å². The Bertz CT molecular complexity index is 1730. The van der Waals surface area contributed by atoms with Crippen molar-refractivity contribution in [2.45, 2.75) is 51.0 Å². The third-order valence-electron chi connectivity index (χ3n) is 7.72. The quantitative estimate of drug-likeness (QED) is 0.0887. The third kappa shape index (κ3) is 7.31. The van der Waals surface area contributed by atoms with Gasteiger partial charge in [0, 0.05) is 12.2 Å². The molecule has 0 unspecified atom stereocenters. The topological polar surface area (TPSA) is 232 Å². The Labute approximate surface area is 275 Å². The smallest absolute Gasteiger partial charge is 0.363 e. The fraction of sp³-hybridized carbons (Fsp3) is 0.242. The number of para-hydroxylation sites is 1. The number of hydrogen-bond acceptors (Lipinski definition) is 9. The number of amides is 4. The number of rotatable bonds is 13. The largest absolute Gasteiger partial charge is 0.481 e. The summed E-state index contributed by atoms with van der Waals surface area (Å²) >= 11 is 0. The van der Waals surface area contributed by atoms with Crippen LogP contribution in [-0.2, 0) is 47.4 Å². The molecule has 7 N–H and O–H groups in total. The van der Waals surface area contributed by atoms with Crippen LogP contribution in [0.4, 0.5) is 10.5 Å². The van der Waals surface area contributed by atoms with Gasteiger partial charge in [0.2, 0.25) is 5.91 Å². The van der Waals surface area contributed by atoms with Crippen molar-refractivity contribution in [1.29, 1.82) is 0 Å². The van der Waals surface area contributed by atoms with E-state index in [4.69, 9.17) is 22.0 Å². The number of benzene rings is 3. The number of nitrogens with two attached hydrogens (primary N) is 3. The maximum Gasteiger partial charge on any atom is 0.363 e. The highest BCUT2D eigenvalue weighted by Gasteiger charge is 2.58. The van der Waals surface area contributed by atoms with Crippen LogP contribution in [0.5, 0.6) is 0 Å². The lowest BCUT2D eigenvalue weighted by Crippen LogP contribution is -2.56. The van der Waals surface area contributed by atoms with E-state index in [9.17, 15) is 33.9 Å². The molecule has 1 aliphatic rings. The molecule has 0 aliphatic carbocycles. The lowest BCUT2D eigenvalue weighted by Gasteiger charge is -2.32. The summed E-state index contributed by atoms with van der Waals surface area (Å²) < 4.78 is 0. The molecule has 0 bridgehead atoms. The molecule has 0 spiro atoms. The second-order valence-corrected chi connectivity index (χ2v) is 11.1. The van der Waals surface area contributed by atoms with Gasteiger partial charge in [0.15, 0.2) is 17.8 Å². The molecule has 4 rings (SSSR count). The Morgan fingerprint density at radius 3 is 2.04 bits per heavy atom. The van der Waals surface area contributed by atoms with Gasteiger partial charge in [0.05, 0.1) is 19.0 Å². The number of guanidine groups is 1. The Morgan fingerprint density at radius 2 is 1.50 bits per heavy atom. The number of aliphatic carboxylic acids is 1. The zero-order valence-corrected chi connectivity index (χ0v) is 26.2. The standard InChI is InChI=1S/C33H35N7O8/c1-20(41)27(39(24-11-7-4-8-12-24)28(44)25(34)17-26(42)43)29(45)48-40-30(46)33(2,23-15-13-21(14-16-23)18-37-31(35)36)38(32(40)47)19-22-9-5-3-6-10-22/h3-16,25,27H,17-19,34H2,1-2H3,(H,42,43)(H4,35,36,37)/t25-,27-,33+/m0/s1. The Kier molecular flexibility index (Phi) is 10.5. The Hall–Kier alpha value is -6.09. The lowest BCUT2D eigenvalue weighted by atomic mass is 9.89. The highest BCUT2D eigenvalue weighted by Crippen LogP contribution is 2.39. The number of anilines is 1. The first kappa shape index (κ1) is 34.8. The number of imide groups is 1. The van der Waals surface area contributed by atoms with Crippen LogP contribution in [0, 0.1) is 0 Å². The van der Waals surface area contributed by atoms with Crippen LogP contribution in [0.25, 0.3) is 0 Å². The highest BCUT2D eigenvalue weighted by molar-refractivity contribution is 6.15. The molecule has 48 heavy (non-hydrogen) atoms. The van der Waals surface area contributed by atoms with E-state index in [1.807, 2.05) is 0 Å². The van der Waals surface area contributed by atoms with Crippen molar-refractivity contribution in [2.24, 2.45) is 22.2 Å². The molecule has 3 atom stereocenters. The van der Waals surface area contributed by atoms with E-state index in [1.54, 1.807) is 60.7 Å². The van der Waals surface area contributed by atoms with Crippen molar-refractivity contribution in [2.75, 3.05) is 4.90 Å². The molecular weight excluding hydrogens is 622 g/mol. The molecule has 0 saturated carbocycles. The summed E-state index contributed by atoms with van der Waals surface area (Å²) in [6, 6.07) is 18.1. The molecule has 0 radical (unpaired) electrons. The molecule has 250 valence electrons. The third-order valence-corrected chi connectivity index (χ3v) is 7.72. The van der Waals surface area contributed by atoms with Crippen LogP contribution in [0.3, 0.4) is 0 Å². The van der Waals surface area contributed by atoms with Gasteiger partial charge in [0.1, 0.15) is 5.54 Å². The molecule has 1 saturated heterocycles. The number of urea groups is 1. The monoisotopic (exact) mass is 657 g/mol. The van der Waals surface area contributed by atoms with Crippen molar-refractivity contribution < 1.29 is 38.7 Å². The van der Waals surface area contributed by atoms with E-state index in [1.165, 1.54) is 36.1 Å². The zero-order valence-electron chi connectivity index (χ0n) is 26.2. The van der Waals surface area contributed by atoms with E-state index < -0.39 is 59.6 Å². The SMILES string of the molecule is CC(=O)[C@@H](C(=O)ON1C(=O)N(Cc2ccccc2)[C@](C)(c2ccc(CN=C(N)N)cc2)C1=O)N(C(=O)[C@@H](N)CC(=O)O)c1ccccc1. The Balaban J connectivity index is 1.73. The number of Topliss-reactive ketones (excluding diaryl/α,β-unsaturated/α-hetero) is 1. The van der Waals surface area contributed by atoms with E-state index in [0.29, 0.717) is 21.6 Å². The van der Waals surface area contributed by atoms with E-state index in [0.717, 1.165) is 6.92 Å². The number of carboxylic acids is 1. The highest BCUT2D eigenvalue weighted by atomic mass is 16.7. The second-order valence-electron chi connectivity index (χ2n) is 11.1. The average Bonchev–Trinajstić information content (AvgIpc) is 3.23. The number of aliphatic imine (C=N–C) groups is 1. The predicted molar refractivity (Wildman–Crippen MR) is 172 cm³/mol. The summed E-state index contributed by atoms with van der Waals surface area (Å²) in [5.41, 5.74) is 16.8. The van der Waals surface area contributed by atoms with E-state index in [2.05, 4.69) is 4.99 Å². The van der Waals surface area contributed by atoms with Gasteiger partial charge in [-0.3, -0.25) is 29.0 Å². The molecule has 3 aromatic rings. The first-order chi connectivity index (χ1) is 22.7. The predicted octanol–water partition coefficient (Wildman–Crippen LogP) is 1.39. The number of hydroxylamine groups is 2. The molecule has 1 fully saturated rings. The normalized spacial score (nSPS) is 17.0. The summed E-state index contributed by atoms with van der Waals surface area (Å²) in [7, 11) is 0. The number of ketones is 1. The zero-order chi connectivity index (χ0) is 35.2. The molecule has 15 nitrogen and oxygen atoms in total. The Morgan fingerprint density at radius 1 is 0.917 bits per heavy atom. The maximum atomic E-state index is 14.2. The van der Waals surface area contributed by atoms with Crippen LogP contribution < -0.4 is 22.1 Å². The molecule has 15 heteroatoms. The number of carboxylic acid groups (broad SMARTS) is 1. The second kappa shape index (κ2) is 14.6. The minimum Gasteiger partial charge on any atom is -0.481 e. The number of carbonyl (C=O) groups excluding carboxylic acids is 5. The van der Waals surface area contributed by atoms with Gasteiger partial charge in [-0.25, -0.2) is 14.6 Å². The molecule has 4 amide bonds. The van der Waals surface area contributed by atoms with Gasteiger partial charge in [-0.1, -0.05) is 77.9 Å². The van der Waals surface area contributed by atoms with Crippen LogP contribution in [0.2, 0.25) is 0 Å². The summed E-state index contributed by atoms with van der Waals surface area (Å²) in [4.78, 5) is 90.9. The average molecular weight is 658 g/mol. The number of nitrogens with zero attached hydrogens (tertiary/aromatic N) is 4. The number of carbonyl (C=O) groups is 6. The van der Waals surface area contributed by atoms with Crippen LogP contribution >= 0.6 is 0 Å². The minimum atomic E-state index is -2.04. The summed E-state index contributed by atoms with van der Waals surface area (Å²) in [5.74, 6) is -5.86. The molecule has 1 aliphatic heterocycles. The first-order valence-electron chi connectivity index (χ1n) is 14.7. The van der Waals surface area contributed by atoms with Crippen molar-refractivity contribution in [3.63, 3.8) is 0 Å². The van der Waals surface area contributed by atoms with Crippen LogP contribution in [0.1, 0.15) is 37.0 Å². The van der Waals surface area contributed by atoms with Gasteiger partial charge in [-0.2, -0.15) is 0 Å². The van der Waals surface area contributed by atoms with Gasteiger partial charge in [0.25, 0.3) is 5.91 Å². The van der Waals surface area contributed by atoms with Crippen molar-refractivity contribution in [1.82, 2.24) is 9.96 Å². The first-order valence-corrected chi connectivity index (χ1v) is 14.7. The van der Waals surface area contributed by atoms with Gasteiger partial charge in [-0.05, 0) is 42.7 Å². The van der Waals surface area contributed by atoms with E-state index >= 15 is 0 Å². The fourth-order valence-electron chi connectivity index (χ4n) is 5.21. The molecule has 0 aromatic heterocycles. The molecule has 3 aromatic carbocycles.